The van der Waals surface area contributed by atoms with Gasteiger partial charge in [-0.1, -0.05) is 13.5 Å². The van der Waals surface area contributed by atoms with Gasteiger partial charge in [-0.3, -0.25) is 4.48 Å². The summed E-state index contributed by atoms with van der Waals surface area (Å²) >= 11 is 0. The molecule has 1 unspecified atom stereocenters. The van der Waals surface area contributed by atoms with Crippen LogP contribution in [0.5, 0.6) is 0 Å². The lowest BCUT2D eigenvalue weighted by atomic mass is 9.98. The second-order valence-electron chi connectivity index (χ2n) is 8.06. The highest BCUT2D eigenvalue weighted by Gasteiger charge is 2.37. The average molecular weight is 364 g/mol. The molecule has 0 aromatic heterocycles. The van der Waals surface area contributed by atoms with Gasteiger partial charge in [0.15, 0.2) is 0 Å². The Morgan fingerprint density at radius 2 is 1.85 bits per heavy atom. The minimum atomic E-state index is -4.22. The van der Waals surface area contributed by atoms with Gasteiger partial charge < -0.3 is 0 Å². The van der Waals surface area contributed by atoms with Crippen molar-refractivity contribution in [1.82, 2.24) is 0 Å². The third kappa shape index (κ3) is 4.49. The van der Waals surface area contributed by atoms with Crippen molar-refractivity contribution in [2.45, 2.75) is 46.2 Å². The van der Waals surface area contributed by atoms with Crippen molar-refractivity contribution in [2.24, 2.45) is 11.8 Å². The van der Waals surface area contributed by atoms with Crippen molar-refractivity contribution in [2.75, 3.05) is 14.1 Å². The average Bonchev–Trinajstić information content (AvgIpc) is 3.33. The number of alkyl halides is 3. The van der Waals surface area contributed by atoms with Gasteiger partial charge in [0.05, 0.1) is 20.0 Å². The zero-order valence-corrected chi connectivity index (χ0v) is 16.4. The molecule has 4 heteroatoms. The van der Waals surface area contributed by atoms with Gasteiger partial charge in [0.1, 0.15) is 11.4 Å². The standard InChI is InChI=1S/C22H29F3N/c1-14(2)26(6,7)21-13-18(11-16(4)22(23,24)25)12-20(10-15(21)3)17(5)19-8-9-19/h10,13,16,19H,1,5,8-9,11H2,2-4,6-7H3/q+1. The maximum absolute atomic E-state index is 13.1. The number of hydrogen-bond acceptors (Lipinski definition) is 0. The highest BCUT2D eigenvalue weighted by Crippen LogP contribution is 2.41. The van der Waals surface area contributed by atoms with E-state index in [0.717, 1.165) is 41.0 Å². The van der Waals surface area contributed by atoms with Gasteiger partial charge in [0.25, 0.3) is 0 Å². The Balaban J connectivity index is 2.53. The SMILES string of the molecule is C=C(C1=C=C(CC(C)C(F)(F)F)C=C([N+](C)(C)C(=C)C)C(C)=C1)C1CC1. The monoisotopic (exact) mass is 364 g/mol. The molecular weight excluding hydrogens is 335 g/mol. The summed E-state index contributed by atoms with van der Waals surface area (Å²) in [5.74, 6) is -0.982. The van der Waals surface area contributed by atoms with Crippen LogP contribution in [0.1, 0.15) is 40.0 Å². The first-order chi connectivity index (χ1) is 11.8. The van der Waals surface area contributed by atoms with Crippen molar-refractivity contribution in [3.8, 4) is 0 Å². The molecule has 0 saturated heterocycles. The summed E-state index contributed by atoms with van der Waals surface area (Å²) in [7, 11) is 3.99. The van der Waals surface area contributed by atoms with Gasteiger partial charge in [-0.05, 0) is 50.3 Å². The van der Waals surface area contributed by atoms with Crippen LogP contribution in [-0.2, 0) is 0 Å². The van der Waals surface area contributed by atoms with E-state index in [1.165, 1.54) is 6.92 Å². The smallest absolute Gasteiger partial charge is 0.268 e. The Morgan fingerprint density at radius 3 is 2.31 bits per heavy atom. The van der Waals surface area contributed by atoms with Crippen LogP contribution in [0.15, 0.2) is 64.7 Å². The van der Waals surface area contributed by atoms with Crippen molar-refractivity contribution < 1.29 is 17.7 Å². The molecule has 142 valence electrons. The first kappa shape index (κ1) is 20.5. The predicted octanol–water partition coefficient (Wildman–Crippen LogP) is 6.45. The Morgan fingerprint density at radius 1 is 1.27 bits per heavy atom. The minimum Gasteiger partial charge on any atom is -0.268 e. The quantitative estimate of drug-likeness (QED) is 0.375. The van der Waals surface area contributed by atoms with E-state index in [1.54, 1.807) is 0 Å². The van der Waals surface area contributed by atoms with Crippen LogP contribution in [0.4, 0.5) is 13.2 Å². The highest BCUT2D eigenvalue weighted by molar-refractivity contribution is 5.50. The van der Waals surface area contributed by atoms with Crippen LogP contribution in [0.25, 0.3) is 0 Å². The van der Waals surface area contributed by atoms with E-state index in [9.17, 15) is 13.2 Å². The zero-order chi connectivity index (χ0) is 19.9. The Labute approximate surface area is 155 Å². The molecule has 1 nitrogen and oxygen atoms in total. The number of quaternary nitrogens is 1. The number of likely N-dealkylation sites (N-methyl/N-ethyl adjacent to an activating group) is 1. The lowest BCUT2D eigenvalue weighted by Gasteiger charge is -2.32. The lowest BCUT2D eigenvalue weighted by Crippen LogP contribution is -2.36. The summed E-state index contributed by atoms with van der Waals surface area (Å²) in [4.78, 5) is 0. The van der Waals surface area contributed by atoms with E-state index in [1.807, 2.05) is 40.1 Å². The Bertz CT molecular complexity index is 749. The van der Waals surface area contributed by atoms with Crippen LogP contribution >= 0.6 is 0 Å². The zero-order valence-electron chi connectivity index (χ0n) is 16.4. The summed E-state index contributed by atoms with van der Waals surface area (Å²) in [5.41, 5.74) is 8.51. The molecule has 2 rings (SSSR count). The molecule has 0 aromatic carbocycles. The summed E-state index contributed by atoms with van der Waals surface area (Å²) in [6.45, 7) is 13.4. The molecule has 0 N–H and O–H groups in total. The van der Waals surface area contributed by atoms with Crippen molar-refractivity contribution in [3.63, 3.8) is 0 Å². The fourth-order valence-electron chi connectivity index (χ4n) is 3.00. The number of hydrogen-bond donors (Lipinski definition) is 0. The van der Waals surface area contributed by atoms with Crippen molar-refractivity contribution in [1.29, 1.82) is 0 Å². The molecule has 0 radical (unpaired) electrons. The molecule has 1 atom stereocenters. The fourth-order valence-corrected chi connectivity index (χ4v) is 3.00. The van der Waals surface area contributed by atoms with Gasteiger partial charge in [-0.2, -0.15) is 13.2 Å². The normalized spacial score (nSPS) is 19.7. The van der Waals surface area contributed by atoms with E-state index in [0.29, 0.717) is 16.0 Å². The molecule has 26 heavy (non-hydrogen) atoms. The van der Waals surface area contributed by atoms with Crippen LogP contribution in [0.3, 0.4) is 0 Å². The summed E-state index contributed by atoms with van der Waals surface area (Å²) in [6.07, 6.45) is 1.75. The topological polar surface area (TPSA) is 0 Å². The second-order valence-corrected chi connectivity index (χ2v) is 8.06. The molecule has 2 aliphatic carbocycles. The van der Waals surface area contributed by atoms with Gasteiger partial charge in [0.2, 0.25) is 0 Å². The third-order valence-electron chi connectivity index (χ3n) is 5.43. The third-order valence-corrected chi connectivity index (χ3v) is 5.43. The van der Waals surface area contributed by atoms with Crippen LogP contribution < -0.4 is 0 Å². The minimum absolute atomic E-state index is 0.0915. The summed E-state index contributed by atoms with van der Waals surface area (Å²) in [5, 5.41) is 0. The van der Waals surface area contributed by atoms with Gasteiger partial charge >= 0.3 is 6.18 Å². The molecule has 0 amide bonds. The largest absolute Gasteiger partial charge is 0.391 e. The number of halogens is 3. The second kappa shape index (κ2) is 7.09. The van der Waals surface area contributed by atoms with E-state index >= 15 is 0 Å². The number of nitrogens with zero attached hydrogens (tertiary/aromatic N) is 1. The Kier molecular flexibility index (Phi) is 5.60. The first-order valence-corrected chi connectivity index (χ1v) is 9.00. The molecule has 0 spiro atoms. The molecule has 0 aliphatic heterocycles. The van der Waals surface area contributed by atoms with Crippen molar-refractivity contribution >= 4 is 0 Å². The fraction of sp³-hybridized carbons (Fsp3) is 0.500. The van der Waals surface area contributed by atoms with Crippen LogP contribution in [-0.4, -0.2) is 24.8 Å². The maximum Gasteiger partial charge on any atom is 0.391 e. The number of rotatable bonds is 6. The molecule has 1 saturated carbocycles. The van der Waals surface area contributed by atoms with Gasteiger partial charge in [0, 0.05) is 29.7 Å². The summed E-state index contributed by atoms with van der Waals surface area (Å²) in [6, 6.07) is 0. The molecule has 2 aliphatic rings. The van der Waals surface area contributed by atoms with Crippen LogP contribution in [0.2, 0.25) is 0 Å². The van der Waals surface area contributed by atoms with E-state index in [2.05, 4.69) is 18.9 Å². The number of allylic oxidation sites excluding steroid dienone is 6. The van der Waals surface area contributed by atoms with E-state index in [-0.39, 0.29) is 6.42 Å². The Hall–Kier alpha value is -1.77. The first-order valence-electron chi connectivity index (χ1n) is 9.00. The van der Waals surface area contributed by atoms with E-state index in [4.69, 9.17) is 0 Å². The highest BCUT2D eigenvalue weighted by atomic mass is 19.4. The molecule has 0 bridgehead atoms. The predicted molar refractivity (Wildman–Crippen MR) is 101 cm³/mol. The molecular formula is C22H29F3N+. The summed E-state index contributed by atoms with van der Waals surface area (Å²) < 4.78 is 39.8. The molecule has 1 fully saturated rings. The molecule has 0 aromatic rings. The maximum atomic E-state index is 13.1. The van der Waals surface area contributed by atoms with Crippen LogP contribution in [0, 0.1) is 11.8 Å². The lowest BCUT2D eigenvalue weighted by molar-refractivity contribution is -0.810. The van der Waals surface area contributed by atoms with Crippen molar-refractivity contribution in [3.05, 3.63) is 64.7 Å². The van der Waals surface area contributed by atoms with E-state index < -0.39 is 12.1 Å². The van der Waals surface area contributed by atoms with Gasteiger partial charge in [-0.15, -0.1) is 5.73 Å². The molecule has 0 heterocycles. The van der Waals surface area contributed by atoms with Gasteiger partial charge in [-0.25, -0.2) is 0 Å².